The molecule has 1 atom stereocenters. The number of aromatic nitrogens is 4. The number of hydrogen-bond acceptors (Lipinski definition) is 3. The predicted octanol–water partition coefficient (Wildman–Crippen LogP) is 2.22. The second-order valence-corrected chi connectivity index (χ2v) is 4.17. The standard InChI is InChI=1S/C11H13ClN4/c1-2-9(12)8-11-13-14-15-16(11)10-6-4-3-5-7-10/h3-7,9H,2,8H2,1H3. The monoisotopic (exact) mass is 236 g/mol. The molecule has 0 N–H and O–H groups in total. The first-order chi connectivity index (χ1) is 7.81. The fourth-order valence-corrected chi connectivity index (χ4v) is 1.58. The first kappa shape index (κ1) is 11.1. The highest BCUT2D eigenvalue weighted by Gasteiger charge is 2.11. The molecule has 1 heterocycles. The lowest BCUT2D eigenvalue weighted by atomic mass is 10.2. The Morgan fingerprint density at radius 2 is 2.06 bits per heavy atom. The Morgan fingerprint density at radius 3 is 2.75 bits per heavy atom. The van der Waals surface area contributed by atoms with Crippen molar-refractivity contribution in [3.63, 3.8) is 0 Å². The largest absolute Gasteiger partial charge is 0.197 e. The van der Waals surface area contributed by atoms with E-state index in [4.69, 9.17) is 11.6 Å². The SMILES string of the molecule is CCC(Cl)Cc1nnnn1-c1ccccc1. The summed E-state index contributed by atoms with van der Waals surface area (Å²) in [5.41, 5.74) is 0.961. The van der Waals surface area contributed by atoms with E-state index < -0.39 is 0 Å². The Labute approximate surface area is 99.2 Å². The van der Waals surface area contributed by atoms with Crippen LogP contribution in [0.4, 0.5) is 0 Å². The van der Waals surface area contributed by atoms with Crippen molar-refractivity contribution in [3.05, 3.63) is 36.2 Å². The van der Waals surface area contributed by atoms with E-state index in [-0.39, 0.29) is 5.38 Å². The van der Waals surface area contributed by atoms with Crippen molar-refractivity contribution in [2.24, 2.45) is 0 Å². The Kier molecular flexibility index (Phi) is 3.51. The van der Waals surface area contributed by atoms with Crippen LogP contribution in [0.2, 0.25) is 0 Å². The fraction of sp³-hybridized carbons (Fsp3) is 0.364. The number of tetrazole rings is 1. The molecule has 84 valence electrons. The molecule has 0 aliphatic rings. The number of halogens is 1. The van der Waals surface area contributed by atoms with Gasteiger partial charge in [0.25, 0.3) is 0 Å². The zero-order valence-corrected chi connectivity index (χ0v) is 9.80. The maximum absolute atomic E-state index is 6.11. The van der Waals surface area contributed by atoms with Gasteiger partial charge >= 0.3 is 0 Å². The van der Waals surface area contributed by atoms with E-state index in [1.807, 2.05) is 37.3 Å². The molecule has 2 rings (SSSR count). The number of hydrogen-bond donors (Lipinski definition) is 0. The number of rotatable bonds is 4. The van der Waals surface area contributed by atoms with Gasteiger partial charge in [-0.2, -0.15) is 4.68 Å². The van der Waals surface area contributed by atoms with Crippen molar-refractivity contribution >= 4 is 11.6 Å². The van der Waals surface area contributed by atoms with Crippen LogP contribution in [0.15, 0.2) is 30.3 Å². The molecule has 1 aromatic carbocycles. The number of alkyl halides is 1. The van der Waals surface area contributed by atoms with E-state index in [0.29, 0.717) is 6.42 Å². The lowest BCUT2D eigenvalue weighted by molar-refractivity contribution is 0.717. The summed E-state index contributed by atoms with van der Waals surface area (Å²) in [6.45, 7) is 2.05. The third-order valence-electron chi connectivity index (χ3n) is 2.38. The van der Waals surface area contributed by atoms with Crippen LogP contribution >= 0.6 is 11.6 Å². The molecule has 0 radical (unpaired) electrons. The number of para-hydroxylation sites is 1. The topological polar surface area (TPSA) is 43.6 Å². The molecule has 0 aliphatic carbocycles. The van der Waals surface area contributed by atoms with Crippen molar-refractivity contribution in [1.29, 1.82) is 0 Å². The van der Waals surface area contributed by atoms with E-state index in [0.717, 1.165) is 17.9 Å². The molecule has 0 bridgehead atoms. The molecular formula is C11H13ClN4. The van der Waals surface area contributed by atoms with Gasteiger partial charge in [-0.1, -0.05) is 25.1 Å². The summed E-state index contributed by atoms with van der Waals surface area (Å²) in [7, 11) is 0. The maximum atomic E-state index is 6.11. The average molecular weight is 237 g/mol. The van der Waals surface area contributed by atoms with Gasteiger partial charge in [0.05, 0.1) is 5.69 Å². The third kappa shape index (κ3) is 2.39. The van der Waals surface area contributed by atoms with Crippen LogP contribution in [0.5, 0.6) is 0 Å². The molecule has 0 amide bonds. The lowest BCUT2D eigenvalue weighted by Gasteiger charge is -2.06. The average Bonchev–Trinajstić information content (AvgIpc) is 2.78. The van der Waals surface area contributed by atoms with Gasteiger partial charge < -0.3 is 0 Å². The Balaban J connectivity index is 2.26. The molecule has 0 aliphatic heterocycles. The molecule has 0 spiro atoms. The highest BCUT2D eigenvalue weighted by molar-refractivity contribution is 6.20. The minimum atomic E-state index is 0.0773. The molecule has 1 aromatic heterocycles. The lowest BCUT2D eigenvalue weighted by Crippen LogP contribution is -2.09. The molecule has 4 nitrogen and oxygen atoms in total. The van der Waals surface area contributed by atoms with Crippen LogP contribution in [0.25, 0.3) is 5.69 Å². The van der Waals surface area contributed by atoms with E-state index in [1.54, 1.807) is 4.68 Å². The Bertz CT molecular complexity index is 440. The number of benzene rings is 1. The van der Waals surface area contributed by atoms with Crippen LogP contribution in [-0.2, 0) is 6.42 Å². The van der Waals surface area contributed by atoms with Crippen molar-refractivity contribution in [2.45, 2.75) is 25.1 Å². The van der Waals surface area contributed by atoms with E-state index in [1.165, 1.54) is 0 Å². The minimum absolute atomic E-state index is 0.0773. The van der Waals surface area contributed by atoms with Crippen molar-refractivity contribution in [2.75, 3.05) is 0 Å². The van der Waals surface area contributed by atoms with Crippen LogP contribution in [-0.4, -0.2) is 25.6 Å². The van der Waals surface area contributed by atoms with Crippen molar-refractivity contribution in [1.82, 2.24) is 20.2 Å². The Morgan fingerprint density at radius 1 is 1.31 bits per heavy atom. The van der Waals surface area contributed by atoms with E-state index in [9.17, 15) is 0 Å². The normalized spacial score (nSPS) is 12.6. The van der Waals surface area contributed by atoms with Gasteiger partial charge in [0, 0.05) is 11.8 Å². The molecule has 0 saturated carbocycles. The zero-order valence-electron chi connectivity index (χ0n) is 9.05. The summed E-state index contributed by atoms with van der Waals surface area (Å²) in [5, 5.41) is 11.7. The molecule has 16 heavy (non-hydrogen) atoms. The van der Waals surface area contributed by atoms with Gasteiger partial charge in [-0.15, -0.1) is 16.7 Å². The van der Waals surface area contributed by atoms with Crippen LogP contribution in [0.3, 0.4) is 0 Å². The molecule has 1 unspecified atom stereocenters. The summed E-state index contributed by atoms with van der Waals surface area (Å²) < 4.78 is 1.73. The van der Waals surface area contributed by atoms with Gasteiger partial charge in [0.15, 0.2) is 5.82 Å². The first-order valence-corrected chi connectivity index (χ1v) is 5.71. The molecule has 2 aromatic rings. The van der Waals surface area contributed by atoms with Crippen LogP contribution in [0, 0.1) is 0 Å². The summed E-state index contributed by atoms with van der Waals surface area (Å²) in [6, 6.07) is 9.81. The van der Waals surface area contributed by atoms with Gasteiger partial charge in [0.2, 0.25) is 0 Å². The van der Waals surface area contributed by atoms with Crippen molar-refractivity contribution < 1.29 is 0 Å². The van der Waals surface area contributed by atoms with Gasteiger partial charge in [-0.3, -0.25) is 0 Å². The maximum Gasteiger partial charge on any atom is 0.158 e. The summed E-state index contributed by atoms with van der Waals surface area (Å²) in [4.78, 5) is 0. The fourth-order valence-electron chi connectivity index (χ4n) is 1.45. The number of nitrogens with zero attached hydrogens (tertiary/aromatic N) is 4. The summed E-state index contributed by atoms with van der Waals surface area (Å²) >= 11 is 6.11. The Hall–Kier alpha value is -1.42. The summed E-state index contributed by atoms with van der Waals surface area (Å²) in [5.74, 6) is 0.799. The molecule has 0 fully saturated rings. The van der Waals surface area contributed by atoms with Gasteiger partial charge in [-0.05, 0) is 29.0 Å². The highest BCUT2D eigenvalue weighted by Crippen LogP contribution is 2.12. The van der Waals surface area contributed by atoms with E-state index in [2.05, 4.69) is 15.5 Å². The van der Waals surface area contributed by atoms with E-state index >= 15 is 0 Å². The predicted molar refractivity (Wildman–Crippen MR) is 62.8 cm³/mol. The molecule has 5 heteroatoms. The highest BCUT2D eigenvalue weighted by atomic mass is 35.5. The summed E-state index contributed by atoms with van der Waals surface area (Å²) in [6.07, 6.45) is 1.59. The van der Waals surface area contributed by atoms with Crippen molar-refractivity contribution in [3.8, 4) is 5.69 Å². The van der Waals surface area contributed by atoms with Crippen LogP contribution < -0.4 is 0 Å². The smallest absolute Gasteiger partial charge is 0.158 e. The zero-order chi connectivity index (χ0) is 11.4. The first-order valence-electron chi connectivity index (χ1n) is 5.28. The second-order valence-electron chi connectivity index (χ2n) is 3.55. The second kappa shape index (κ2) is 5.07. The van der Waals surface area contributed by atoms with Crippen LogP contribution in [0.1, 0.15) is 19.2 Å². The third-order valence-corrected chi connectivity index (χ3v) is 2.84. The minimum Gasteiger partial charge on any atom is -0.197 e. The van der Waals surface area contributed by atoms with Gasteiger partial charge in [0.1, 0.15) is 0 Å². The van der Waals surface area contributed by atoms with Gasteiger partial charge in [-0.25, -0.2) is 0 Å². The quantitative estimate of drug-likeness (QED) is 0.765. The molecule has 0 saturated heterocycles. The molecular weight excluding hydrogens is 224 g/mol.